The van der Waals surface area contributed by atoms with Gasteiger partial charge in [0, 0.05) is 39.4 Å². The molecule has 2 rings (SSSR count). The molecule has 1 aromatic rings. The van der Waals surface area contributed by atoms with E-state index in [1.54, 1.807) is 12.1 Å². The SMILES string of the molecule is CC1CN(c2ccc(S(=O)(=O)N(C)C)cc2)CC(CN)O1. The van der Waals surface area contributed by atoms with Crippen LogP contribution in [0.2, 0.25) is 0 Å². The molecular formula is C14H23N3O3S. The van der Waals surface area contributed by atoms with Gasteiger partial charge in [0.2, 0.25) is 10.0 Å². The van der Waals surface area contributed by atoms with Crippen LogP contribution in [-0.2, 0) is 14.8 Å². The molecule has 6 nitrogen and oxygen atoms in total. The van der Waals surface area contributed by atoms with Crippen molar-refractivity contribution >= 4 is 15.7 Å². The van der Waals surface area contributed by atoms with Gasteiger partial charge in [0.1, 0.15) is 0 Å². The van der Waals surface area contributed by atoms with E-state index >= 15 is 0 Å². The Labute approximate surface area is 126 Å². The molecule has 2 unspecified atom stereocenters. The maximum absolute atomic E-state index is 12.0. The van der Waals surface area contributed by atoms with E-state index in [2.05, 4.69) is 4.90 Å². The second kappa shape index (κ2) is 6.31. The molecule has 1 aliphatic rings. The number of hydrogen-bond donors (Lipinski definition) is 1. The van der Waals surface area contributed by atoms with Crippen molar-refractivity contribution in [3.8, 4) is 0 Å². The highest BCUT2D eigenvalue weighted by atomic mass is 32.2. The van der Waals surface area contributed by atoms with Crippen molar-refractivity contribution in [2.75, 3.05) is 38.6 Å². The van der Waals surface area contributed by atoms with Gasteiger partial charge in [0.05, 0.1) is 17.1 Å². The summed E-state index contributed by atoms with van der Waals surface area (Å²) in [6, 6.07) is 6.95. The van der Waals surface area contributed by atoms with E-state index in [9.17, 15) is 8.42 Å². The third-order valence-corrected chi connectivity index (χ3v) is 5.40. The third-order valence-electron chi connectivity index (χ3n) is 3.57. The summed E-state index contributed by atoms with van der Waals surface area (Å²) in [6.07, 6.45) is 0.122. The fourth-order valence-corrected chi connectivity index (χ4v) is 3.33. The molecule has 1 aromatic carbocycles. The van der Waals surface area contributed by atoms with E-state index in [0.29, 0.717) is 11.4 Å². The van der Waals surface area contributed by atoms with Crippen LogP contribution in [0.5, 0.6) is 0 Å². The van der Waals surface area contributed by atoms with Crippen molar-refractivity contribution in [1.29, 1.82) is 0 Å². The largest absolute Gasteiger partial charge is 0.370 e. The molecule has 0 saturated carbocycles. The summed E-state index contributed by atoms with van der Waals surface area (Å²) in [6.45, 7) is 3.99. The number of nitrogens with two attached hydrogens (primary N) is 1. The number of morpholine rings is 1. The zero-order chi connectivity index (χ0) is 15.6. The Morgan fingerprint density at radius 2 is 1.90 bits per heavy atom. The van der Waals surface area contributed by atoms with Gasteiger partial charge in [-0.15, -0.1) is 0 Å². The average Bonchev–Trinajstić information content (AvgIpc) is 2.46. The molecule has 1 heterocycles. The van der Waals surface area contributed by atoms with Crippen LogP contribution in [0, 0.1) is 0 Å². The monoisotopic (exact) mass is 313 g/mol. The molecule has 118 valence electrons. The molecule has 0 aliphatic carbocycles. The molecule has 21 heavy (non-hydrogen) atoms. The first-order chi connectivity index (χ1) is 9.84. The molecule has 0 spiro atoms. The van der Waals surface area contributed by atoms with Gasteiger partial charge in [-0.3, -0.25) is 0 Å². The van der Waals surface area contributed by atoms with Crippen molar-refractivity contribution < 1.29 is 13.2 Å². The lowest BCUT2D eigenvalue weighted by atomic mass is 10.2. The van der Waals surface area contributed by atoms with Gasteiger partial charge in [-0.1, -0.05) is 0 Å². The summed E-state index contributed by atoms with van der Waals surface area (Å²) in [5.74, 6) is 0. The van der Waals surface area contributed by atoms with Crippen molar-refractivity contribution in [2.24, 2.45) is 5.73 Å². The number of rotatable bonds is 4. The van der Waals surface area contributed by atoms with Gasteiger partial charge in [0.25, 0.3) is 0 Å². The Kier molecular flexibility index (Phi) is 4.88. The summed E-state index contributed by atoms with van der Waals surface area (Å²) in [5, 5.41) is 0. The topological polar surface area (TPSA) is 75.9 Å². The molecular weight excluding hydrogens is 290 g/mol. The molecule has 7 heteroatoms. The van der Waals surface area contributed by atoms with E-state index in [4.69, 9.17) is 10.5 Å². The van der Waals surface area contributed by atoms with Gasteiger partial charge >= 0.3 is 0 Å². The Balaban J connectivity index is 2.19. The highest BCUT2D eigenvalue weighted by Gasteiger charge is 2.25. The number of nitrogens with zero attached hydrogens (tertiary/aromatic N) is 2. The first-order valence-electron chi connectivity index (χ1n) is 6.97. The highest BCUT2D eigenvalue weighted by molar-refractivity contribution is 7.89. The van der Waals surface area contributed by atoms with Crippen LogP contribution < -0.4 is 10.6 Å². The van der Waals surface area contributed by atoms with Gasteiger partial charge < -0.3 is 15.4 Å². The Morgan fingerprint density at radius 3 is 2.43 bits per heavy atom. The normalized spacial score (nSPS) is 23.6. The molecule has 1 saturated heterocycles. The van der Waals surface area contributed by atoms with Crippen LogP contribution in [0.1, 0.15) is 6.92 Å². The fraction of sp³-hybridized carbons (Fsp3) is 0.571. The van der Waals surface area contributed by atoms with Crippen molar-refractivity contribution in [3.05, 3.63) is 24.3 Å². The van der Waals surface area contributed by atoms with Crippen molar-refractivity contribution in [3.63, 3.8) is 0 Å². The van der Waals surface area contributed by atoms with Gasteiger partial charge in [-0.05, 0) is 31.2 Å². The molecule has 1 aliphatic heterocycles. The lowest BCUT2D eigenvalue weighted by molar-refractivity contribution is -0.0104. The van der Waals surface area contributed by atoms with E-state index in [0.717, 1.165) is 18.8 Å². The van der Waals surface area contributed by atoms with Crippen LogP contribution in [0.3, 0.4) is 0 Å². The van der Waals surface area contributed by atoms with E-state index < -0.39 is 10.0 Å². The molecule has 0 bridgehead atoms. The van der Waals surface area contributed by atoms with Crippen LogP contribution in [-0.4, -0.2) is 58.7 Å². The van der Waals surface area contributed by atoms with Gasteiger partial charge in [-0.25, -0.2) is 12.7 Å². The fourth-order valence-electron chi connectivity index (χ4n) is 2.43. The van der Waals surface area contributed by atoms with Crippen LogP contribution >= 0.6 is 0 Å². The lowest BCUT2D eigenvalue weighted by Crippen LogP contribution is -2.49. The number of benzene rings is 1. The molecule has 1 fully saturated rings. The third kappa shape index (κ3) is 3.55. The standard InChI is InChI=1S/C14H23N3O3S/c1-11-9-17(10-13(8-15)20-11)12-4-6-14(7-5-12)21(18,19)16(2)3/h4-7,11,13H,8-10,15H2,1-3H3. The number of sulfonamides is 1. The molecule has 0 amide bonds. The van der Waals surface area contributed by atoms with Crippen LogP contribution in [0.15, 0.2) is 29.2 Å². The summed E-state index contributed by atoms with van der Waals surface area (Å²) < 4.78 is 31.0. The minimum Gasteiger partial charge on any atom is -0.370 e. The molecule has 2 atom stereocenters. The number of ether oxygens (including phenoxy) is 1. The molecule has 0 radical (unpaired) electrons. The predicted molar refractivity (Wildman–Crippen MR) is 82.9 cm³/mol. The van der Waals surface area contributed by atoms with Crippen molar-refractivity contribution in [2.45, 2.75) is 24.0 Å². The van der Waals surface area contributed by atoms with Gasteiger partial charge in [0.15, 0.2) is 0 Å². The first-order valence-corrected chi connectivity index (χ1v) is 8.41. The highest BCUT2D eigenvalue weighted by Crippen LogP contribution is 2.23. The summed E-state index contributed by atoms with van der Waals surface area (Å²) in [7, 11) is -0.327. The van der Waals surface area contributed by atoms with Crippen LogP contribution in [0.4, 0.5) is 5.69 Å². The Morgan fingerprint density at radius 1 is 1.29 bits per heavy atom. The summed E-state index contributed by atoms with van der Waals surface area (Å²) in [5.41, 5.74) is 6.67. The molecule has 2 N–H and O–H groups in total. The van der Waals surface area contributed by atoms with Crippen LogP contribution in [0.25, 0.3) is 0 Å². The second-order valence-electron chi connectivity index (χ2n) is 5.49. The lowest BCUT2D eigenvalue weighted by Gasteiger charge is -2.37. The van der Waals surface area contributed by atoms with Crippen molar-refractivity contribution in [1.82, 2.24) is 4.31 Å². The Bertz CT molecular complexity index is 572. The summed E-state index contributed by atoms with van der Waals surface area (Å²) >= 11 is 0. The quantitative estimate of drug-likeness (QED) is 0.875. The van der Waals surface area contributed by atoms with E-state index in [-0.39, 0.29) is 12.2 Å². The maximum Gasteiger partial charge on any atom is 0.242 e. The number of hydrogen-bond acceptors (Lipinski definition) is 5. The van der Waals surface area contributed by atoms with E-state index in [1.165, 1.54) is 18.4 Å². The maximum atomic E-state index is 12.0. The zero-order valence-electron chi connectivity index (χ0n) is 12.7. The first kappa shape index (κ1) is 16.2. The zero-order valence-corrected chi connectivity index (χ0v) is 13.5. The second-order valence-corrected chi connectivity index (χ2v) is 7.64. The minimum absolute atomic E-state index is 0.0129. The molecule has 0 aromatic heterocycles. The predicted octanol–water partition coefficient (Wildman–Crippen LogP) is 0.489. The smallest absolute Gasteiger partial charge is 0.242 e. The average molecular weight is 313 g/mol. The summed E-state index contributed by atoms with van der Waals surface area (Å²) in [4.78, 5) is 2.48. The minimum atomic E-state index is -3.38. The van der Waals surface area contributed by atoms with E-state index in [1.807, 2.05) is 19.1 Å². The Hall–Kier alpha value is -1.15. The number of anilines is 1. The van der Waals surface area contributed by atoms with Gasteiger partial charge in [-0.2, -0.15) is 0 Å².